The lowest BCUT2D eigenvalue weighted by atomic mass is 10.2. The summed E-state index contributed by atoms with van der Waals surface area (Å²) in [4.78, 5) is 2.56. The van der Waals surface area contributed by atoms with Gasteiger partial charge in [0.05, 0.1) is 0 Å². The number of rotatable bonds is 23. The van der Waals surface area contributed by atoms with Crippen LogP contribution in [0.15, 0.2) is 12.2 Å². The van der Waals surface area contributed by atoms with Crippen LogP contribution in [0.4, 0.5) is 0 Å². The molecule has 0 saturated carbocycles. The van der Waals surface area contributed by atoms with E-state index in [1.165, 1.54) is 71.1 Å². The van der Waals surface area contributed by atoms with Crippen LogP contribution in [0.1, 0.15) is 65.7 Å². The highest BCUT2D eigenvalue weighted by Gasteiger charge is 1.99. The third-order valence-electron chi connectivity index (χ3n) is 4.92. The molecule has 0 heterocycles. The normalized spacial score (nSPS) is 11.9. The number of nitrogens with one attached hydrogen (secondary N) is 4. The molecule has 5 heteroatoms. The number of hydrogen-bond donors (Lipinski definition) is 4. The molecule has 0 amide bonds. The van der Waals surface area contributed by atoms with Gasteiger partial charge in [-0.2, -0.15) is 0 Å². The van der Waals surface area contributed by atoms with Crippen molar-refractivity contribution in [3.05, 3.63) is 12.2 Å². The van der Waals surface area contributed by atoms with Crippen molar-refractivity contribution in [1.29, 1.82) is 0 Å². The van der Waals surface area contributed by atoms with E-state index in [0.29, 0.717) is 0 Å². The molecule has 0 spiro atoms. The molecule has 0 aliphatic rings. The van der Waals surface area contributed by atoms with Crippen molar-refractivity contribution in [2.45, 2.75) is 65.7 Å². The van der Waals surface area contributed by atoms with Gasteiger partial charge >= 0.3 is 0 Å². The summed E-state index contributed by atoms with van der Waals surface area (Å²) in [5, 5.41) is 13.9. The second kappa shape index (κ2) is 24.6. The Balaban J connectivity index is 3.15. The van der Waals surface area contributed by atoms with Gasteiger partial charge in [-0.3, -0.25) is 0 Å². The molecule has 5 nitrogen and oxygen atoms in total. The highest BCUT2D eigenvalue weighted by Crippen LogP contribution is 1.96. The molecule has 0 aliphatic heterocycles. The lowest BCUT2D eigenvalue weighted by molar-refractivity contribution is 0.282. The third-order valence-corrected chi connectivity index (χ3v) is 4.92. The second-order valence-electron chi connectivity index (χ2n) is 7.54. The highest BCUT2D eigenvalue weighted by molar-refractivity contribution is 4.85. The standard InChI is InChI=1S/C23H51N5/c1-4-22-28(6-3)23-14-13-21-27-20-12-11-19-26-18-10-9-17-25-16-8-7-15-24-5-2/h9-10,24-27H,4-8,11-23H2,1-3H3. The van der Waals surface area contributed by atoms with Gasteiger partial charge in [0.25, 0.3) is 0 Å². The van der Waals surface area contributed by atoms with Gasteiger partial charge in [-0.25, -0.2) is 0 Å². The van der Waals surface area contributed by atoms with Crippen LogP contribution < -0.4 is 21.3 Å². The SMILES string of the molecule is CCCN(CC)CCCCNCCCCNCC=CCNCCCCNCC. The van der Waals surface area contributed by atoms with E-state index in [0.717, 1.165) is 45.8 Å². The summed E-state index contributed by atoms with van der Waals surface area (Å²) in [7, 11) is 0. The third kappa shape index (κ3) is 21.8. The van der Waals surface area contributed by atoms with Crippen molar-refractivity contribution in [1.82, 2.24) is 26.2 Å². The van der Waals surface area contributed by atoms with Crippen LogP contribution in [-0.4, -0.2) is 76.9 Å². The fraction of sp³-hybridized carbons (Fsp3) is 0.913. The fourth-order valence-corrected chi connectivity index (χ4v) is 3.17. The van der Waals surface area contributed by atoms with Gasteiger partial charge in [-0.05, 0) is 104 Å². The van der Waals surface area contributed by atoms with Crippen LogP contribution in [-0.2, 0) is 0 Å². The highest BCUT2D eigenvalue weighted by atomic mass is 15.1. The van der Waals surface area contributed by atoms with Crippen LogP contribution in [0.5, 0.6) is 0 Å². The zero-order valence-corrected chi connectivity index (χ0v) is 19.3. The summed E-state index contributed by atoms with van der Waals surface area (Å²) >= 11 is 0. The zero-order chi connectivity index (χ0) is 20.5. The monoisotopic (exact) mass is 397 g/mol. The molecule has 0 saturated heterocycles. The Hall–Kier alpha value is -0.460. The molecular weight excluding hydrogens is 346 g/mol. The fourth-order valence-electron chi connectivity index (χ4n) is 3.17. The lowest BCUT2D eigenvalue weighted by Gasteiger charge is -2.19. The summed E-state index contributed by atoms with van der Waals surface area (Å²) in [5.41, 5.74) is 0. The summed E-state index contributed by atoms with van der Waals surface area (Å²) in [5.74, 6) is 0. The Morgan fingerprint density at radius 3 is 1.57 bits per heavy atom. The molecule has 0 unspecified atom stereocenters. The molecule has 168 valence electrons. The van der Waals surface area contributed by atoms with Crippen molar-refractivity contribution in [3.63, 3.8) is 0 Å². The topological polar surface area (TPSA) is 51.4 Å². The van der Waals surface area contributed by atoms with Crippen LogP contribution in [0.25, 0.3) is 0 Å². The molecule has 0 atom stereocenters. The minimum atomic E-state index is 0.987. The maximum Gasteiger partial charge on any atom is 0.0135 e. The van der Waals surface area contributed by atoms with Gasteiger partial charge in [0.15, 0.2) is 0 Å². The summed E-state index contributed by atoms with van der Waals surface area (Å²) < 4.78 is 0. The minimum Gasteiger partial charge on any atom is -0.317 e. The Morgan fingerprint density at radius 2 is 1.07 bits per heavy atom. The van der Waals surface area contributed by atoms with Crippen LogP contribution in [0, 0.1) is 0 Å². The summed E-state index contributed by atoms with van der Waals surface area (Å²) in [6.45, 7) is 19.1. The van der Waals surface area contributed by atoms with E-state index in [1.54, 1.807) is 0 Å². The summed E-state index contributed by atoms with van der Waals surface area (Å²) in [6.07, 6.45) is 13.4. The first-order chi connectivity index (χ1) is 13.8. The zero-order valence-electron chi connectivity index (χ0n) is 19.3. The Labute approximate surface area is 176 Å². The molecule has 0 bridgehead atoms. The van der Waals surface area contributed by atoms with Gasteiger partial charge < -0.3 is 26.2 Å². The predicted octanol–water partition coefficient (Wildman–Crippen LogP) is 2.99. The molecule has 0 aromatic carbocycles. The smallest absolute Gasteiger partial charge is 0.0135 e. The first kappa shape index (κ1) is 27.5. The van der Waals surface area contributed by atoms with Gasteiger partial charge in [-0.1, -0.05) is 32.9 Å². The van der Waals surface area contributed by atoms with Crippen molar-refractivity contribution in [2.75, 3.05) is 72.0 Å². The average Bonchev–Trinajstić information content (AvgIpc) is 2.71. The first-order valence-electron chi connectivity index (χ1n) is 12.0. The maximum atomic E-state index is 3.58. The average molecular weight is 398 g/mol. The van der Waals surface area contributed by atoms with Crippen molar-refractivity contribution < 1.29 is 0 Å². The van der Waals surface area contributed by atoms with Crippen LogP contribution >= 0.6 is 0 Å². The number of hydrogen-bond acceptors (Lipinski definition) is 5. The summed E-state index contributed by atoms with van der Waals surface area (Å²) in [6, 6.07) is 0. The van der Waals surface area contributed by atoms with E-state index in [-0.39, 0.29) is 0 Å². The molecule has 0 aliphatic carbocycles. The van der Waals surface area contributed by atoms with E-state index >= 15 is 0 Å². The first-order valence-corrected chi connectivity index (χ1v) is 12.0. The second-order valence-corrected chi connectivity index (χ2v) is 7.54. The number of nitrogens with zero attached hydrogens (tertiary/aromatic N) is 1. The Kier molecular flexibility index (Phi) is 24.2. The van der Waals surface area contributed by atoms with E-state index in [9.17, 15) is 0 Å². The van der Waals surface area contributed by atoms with Crippen molar-refractivity contribution in [3.8, 4) is 0 Å². The lowest BCUT2D eigenvalue weighted by Crippen LogP contribution is -2.26. The molecule has 28 heavy (non-hydrogen) atoms. The molecule has 0 rings (SSSR count). The van der Waals surface area contributed by atoms with Gasteiger partial charge in [0.1, 0.15) is 0 Å². The van der Waals surface area contributed by atoms with Crippen LogP contribution in [0.3, 0.4) is 0 Å². The van der Waals surface area contributed by atoms with Gasteiger partial charge in [0.2, 0.25) is 0 Å². The van der Waals surface area contributed by atoms with Gasteiger partial charge in [0, 0.05) is 13.1 Å². The molecule has 4 N–H and O–H groups in total. The van der Waals surface area contributed by atoms with Crippen LogP contribution in [0.2, 0.25) is 0 Å². The van der Waals surface area contributed by atoms with E-state index < -0.39 is 0 Å². The molecule has 0 aromatic rings. The van der Waals surface area contributed by atoms with Gasteiger partial charge in [-0.15, -0.1) is 0 Å². The Bertz CT molecular complexity index is 309. The molecule has 0 aromatic heterocycles. The maximum absolute atomic E-state index is 3.58. The minimum absolute atomic E-state index is 0.987. The molecular formula is C23H51N5. The largest absolute Gasteiger partial charge is 0.317 e. The molecule has 0 radical (unpaired) electrons. The van der Waals surface area contributed by atoms with E-state index in [4.69, 9.17) is 0 Å². The number of unbranched alkanes of at least 4 members (excludes halogenated alkanes) is 3. The molecule has 0 fully saturated rings. The van der Waals surface area contributed by atoms with Crippen molar-refractivity contribution >= 4 is 0 Å². The van der Waals surface area contributed by atoms with E-state index in [2.05, 4.69) is 59.1 Å². The van der Waals surface area contributed by atoms with Crippen molar-refractivity contribution in [2.24, 2.45) is 0 Å². The quantitative estimate of drug-likeness (QED) is 0.158. The predicted molar refractivity (Wildman–Crippen MR) is 126 cm³/mol. The Morgan fingerprint density at radius 1 is 0.571 bits per heavy atom. The van der Waals surface area contributed by atoms with E-state index in [1.807, 2.05) is 0 Å².